The number of rotatable bonds is 3. The van der Waals surface area contributed by atoms with Gasteiger partial charge in [-0.2, -0.15) is 15.9 Å². The SMILES string of the molecule is Brc1ccc(C2CN(c3ccc4nnc(-c5ccsc5)n4n3)CCO2)cc1. The Balaban J connectivity index is 1.46. The molecule has 1 fully saturated rings. The highest BCUT2D eigenvalue weighted by molar-refractivity contribution is 9.10. The van der Waals surface area contributed by atoms with Crippen molar-refractivity contribution in [3.05, 3.63) is 63.3 Å². The van der Waals surface area contributed by atoms with E-state index in [-0.39, 0.29) is 6.10 Å². The largest absolute Gasteiger partial charge is 0.370 e. The van der Waals surface area contributed by atoms with Crippen LogP contribution in [0.3, 0.4) is 0 Å². The molecule has 0 N–H and O–H groups in total. The lowest BCUT2D eigenvalue weighted by atomic mass is 10.1. The van der Waals surface area contributed by atoms with Crippen LogP contribution in [0.5, 0.6) is 0 Å². The van der Waals surface area contributed by atoms with Crippen LogP contribution in [0.15, 0.2) is 57.7 Å². The fraction of sp³-hybridized carbons (Fsp3) is 0.211. The standard InChI is InChI=1S/C19H16BrN5OS/c20-15-3-1-13(2-4-15)16-11-24(8-9-26-16)18-6-5-17-21-22-19(25(17)23-18)14-7-10-27-12-14/h1-7,10,12,16H,8-9,11H2. The second kappa shape index (κ2) is 7.03. The van der Waals surface area contributed by atoms with Gasteiger partial charge in [0.25, 0.3) is 0 Å². The summed E-state index contributed by atoms with van der Waals surface area (Å²) in [6, 6.07) is 14.3. The summed E-state index contributed by atoms with van der Waals surface area (Å²) in [4.78, 5) is 2.26. The lowest BCUT2D eigenvalue weighted by molar-refractivity contribution is 0.0394. The van der Waals surface area contributed by atoms with Crippen LogP contribution >= 0.6 is 27.3 Å². The number of morpholine rings is 1. The lowest BCUT2D eigenvalue weighted by Crippen LogP contribution is -2.39. The molecule has 0 aliphatic carbocycles. The topological polar surface area (TPSA) is 55.6 Å². The molecule has 27 heavy (non-hydrogen) atoms. The second-order valence-electron chi connectivity index (χ2n) is 6.35. The van der Waals surface area contributed by atoms with Gasteiger partial charge in [-0.1, -0.05) is 28.1 Å². The van der Waals surface area contributed by atoms with Gasteiger partial charge in [-0.25, -0.2) is 0 Å². The monoisotopic (exact) mass is 441 g/mol. The fourth-order valence-corrected chi connectivity index (χ4v) is 4.15. The third-order valence-electron chi connectivity index (χ3n) is 4.66. The van der Waals surface area contributed by atoms with Gasteiger partial charge in [-0.15, -0.1) is 15.3 Å². The normalized spacial score (nSPS) is 17.5. The summed E-state index contributed by atoms with van der Waals surface area (Å²) < 4.78 is 8.89. The maximum atomic E-state index is 6.00. The van der Waals surface area contributed by atoms with Crippen molar-refractivity contribution in [2.45, 2.75) is 6.10 Å². The van der Waals surface area contributed by atoms with Gasteiger partial charge in [0.2, 0.25) is 0 Å². The highest BCUT2D eigenvalue weighted by atomic mass is 79.9. The molecule has 1 saturated heterocycles. The van der Waals surface area contributed by atoms with Crippen LogP contribution in [0.25, 0.3) is 17.0 Å². The first kappa shape index (κ1) is 16.9. The third-order valence-corrected chi connectivity index (χ3v) is 5.87. The van der Waals surface area contributed by atoms with Crippen LogP contribution in [0.1, 0.15) is 11.7 Å². The number of benzene rings is 1. The Morgan fingerprint density at radius 2 is 1.96 bits per heavy atom. The number of halogens is 1. The second-order valence-corrected chi connectivity index (χ2v) is 8.05. The first-order chi connectivity index (χ1) is 13.3. The Morgan fingerprint density at radius 3 is 2.78 bits per heavy atom. The van der Waals surface area contributed by atoms with Gasteiger partial charge in [0.1, 0.15) is 11.9 Å². The smallest absolute Gasteiger partial charge is 0.186 e. The van der Waals surface area contributed by atoms with Crippen LogP contribution in [-0.4, -0.2) is 39.5 Å². The minimum Gasteiger partial charge on any atom is -0.370 e. The molecule has 4 heterocycles. The summed E-state index contributed by atoms with van der Waals surface area (Å²) in [5.41, 5.74) is 2.96. The van der Waals surface area contributed by atoms with E-state index in [2.05, 4.69) is 48.5 Å². The van der Waals surface area contributed by atoms with Crippen LogP contribution in [-0.2, 0) is 4.74 Å². The highest BCUT2D eigenvalue weighted by Crippen LogP contribution is 2.27. The van der Waals surface area contributed by atoms with Crippen molar-refractivity contribution in [1.29, 1.82) is 0 Å². The van der Waals surface area contributed by atoms with Crippen molar-refractivity contribution in [3.63, 3.8) is 0 Å². The first-order valence-electron chi connectivity index (χ1n) is 8.65. The molecular weight excluding hydrogens is 426 g/mol. The number of aromatic nitrogens is 4. The molecule has 0 saturated carbocycles. The minimum absolute atomic E-state index is 0.0293. The third kappa shape index (κ3) is 3.24. The van der Waals surface area contributed by atoms with Crippen LogP contribution < -0.4 is 4.90 Å². The zero-order valence-electron chi connectivity index (χ0n) is 14.3. The molecule has 1 aliphatic heterocycles. The van der Waals surface area contributed by atoms with Crippen molar-refractivity contribution in [1.82, 2.24) is 19.8 Å². The lowest BCUT2D eigenvalue weighted by Gasteiger charge is -2.33. The number of thiophene rings is 1. The predicted octanol–water partition coefficient (Wildman–Crippen LogP) is 4.19. The van der Waals surface area contributed by atoms with E-state index in [4.69, 9.17) is 9.84 Å². The van der Waals surface area contributed by atoms with E-state index in [0.29, 0.717) is 6.61 Å². The number of ether oxygens (including phenoxy) is 1. The average molecular weight is 442 g/mol. The van der Waals surface area contributed by atoms with E-state index < -0.39 is 0 Å². The molecule has 1 unspecified atom stereocenters. The van der Waals surface area contributed by atoms with Crippen LogP contribution in [0.4, 0.5) is 5.82 Å². The summed E-state index contributed by atoms with van der Waals surface area (Å²) in [6.07, 6.45) is 0.0293. The quantitative estimate of drug-likeness (QED) is 0.476. The molecule has 1 aromatic carbocycles. The van der Waals surface area contributed by atoms with Crippen LogP contribution in [0, 0.1) is 0 Å². The molecule has 0 spiro atoms. The van der Waals surface area contributed by atoms with Gasteiger partial charge in [0.15, 0.2) is 11.5 Å². The van der Waals surface area contributed by atoms with Gasteiger partial charge < -0.3 is 9.64 Å². The molecule has 0 radical (unpaired) electrons. The maximum Gasteiger partial charge on any atom is 0.186 e. The summed E-state index contributed by atoms with van der Waals surface area (Å²) in [5, 5.41) is 17.5. The number of hydrogen-bond acceptors (Lipinski definition) is 6. The van der Waals surface area contributed by atoms with Crippen LogP contribution in [0.2, 0.25) is 0 Å². The summed E-state index contributed by atoms with van der Waals surface area (Å²) >= 11 is 5.12. The van der Waals surface area contributed by atoms with Crippen molar-refractivity contribution in [3.8, 4) is 11.4 Å². The average Bonchev–Trinajstić information content (AvgIpc) is 3.37. The van der Waals surface area contributed by atoms with Gasteiger partial charge in [-0.3, -0.25) is 0 Å². The first-order valence-corrected chi connectivity index (χ1v) is 10.4. The Labute approximate surface area is 168 Å². The Hall–Kier alpha value is -2.29. The van der Waals surface area contributed by atoms with E-state index in [1.807, 2.05) is 40.2 Å². The van der Waals surface area contributed by atoms with E-state index in [9.17, 15) is 0 Å². The van der Waals surface area contributed by atoms with Crippen molar-refractivity contribution < 1.29 is 4.74 Å². The zero-order chi connectivity index (χ0) is 18.2. The molecule has 4 aromatic rings. The fourth-order valence-electron chi connectivity index (χ4n) is 3.26. The molecule has 6 nitrogen and oxygen atoms in total. The summed E-state index contributed by atoms with van der Waals surface area (Å²) in [6.45, 7) is 2.23. The molecule has 1 aliphatic rings. The zero-order valence-corrected chi connectivity index (χ0v) is 16.7. The van der Waals surface area contributed by atoms with Gasteiger partial charge >= 0.3 is 0 Å². The van der Waals surface area contributed by atoms with Gasteiger partial charge in [0, 0.05) is 28.5 Å². The molecule has 3 aromatic heterocycles. The summed E-state index contributed by atoms with van der Waals surface area (Å²) in [5.74, 6) is 1.68. The molecular formula is C19H16BrN5OS. The number of fused-ring (bicyclic) bond motifs is 1. The predicted molar refractivity (Wildman–Crippen MR) is 109 cm³/mol. The summed E-state index contributed by atoms with van der Waals surface area (Å²) in [7, 11) is 0. The van der Waals surface area contributed by atoms with Crippen molar-refractivity contribution >= 4 is 38.7 Å². The Bertz CT molecular complexity index is 1060. The molecule has 136 valence electrons. The van der Waals surface area contributed by atoms with Crippen molar-refractivity contribution in [2.24, 2.45) is 0 Å². The molecule has 1 atom stereocenters. The number of nitrogens with zero attached hydrogens (tertiary/aromatic N) is 5. The highest BCUT2D eigenvalue weighted by Gasteiger charge is 2.23. The molecule has 0 bridgehead atoms. The van der Waals surface area contributed by atoms with E-state index in [0.717, 1.165) is 40.4 Å². The Morgan fingerprint density at radius 1 is 1.07 bits per heavy atom. The van der Waals surface area contributed by atoms with Gasteiger partial charge in [0.05, 0.1) is 6.61 Å². The number of anilines is 1. The molecule has 0 amide bonds. The maximum absolute atomic E-state index is 6.00. The Kier molecular flexibility index (Phi) is 4.39. The van der Waals surface area contributed by atoms with Crippen molar-refractivity contribution in [2.75, 3.05) is 24.6 Å². The minimum atomic E-state index is 0.0293. The van der Waals surface area contributed by atoms with E-state index in [1.54, 1.807) is 11.3 Å². The van der Waals surface area contributed by atoms with E-state index >= 15 is 0 Å². The molecule has 8 heteroatoms. The van der Waals surface area contributed by atoms with E-state index in [1.165, 1.54) is 5.56 Å². The number of hydrogen-bond donors (Lipinski definition) is 0. The van der Waals surface area contributed by atoms with Gasteiger partial charge in [-0.05, 0) is 41.3 Å². The molecule has 5 rings (SSSR count).